The highest BCUT2D eigenvalue weighted by Gasteiger charge is 2.14. The molecule has 0 aliphatic heterocycles. The monoisotopic (exact) mass is 267 g/mol. The molecule has 0 bridgehead atoms. The highest BCUT2D eigenvalue weighted by Crippen LogP contribution is 2.21. The fraction of sp³-hybridized carbons (Fsp3) is 0.538. The number of non-ortho nitro benzene ring substituents is 1. The van der Waals surface area contributed by atoms with Gasteiger partial charge in [0.25, 0.3) is 5.69 Å². The molecule has 0 radical (unpaired) electrons. The highest BCUT2D eigenvalue weighted by molar-refractivity contribution is 5.52. The van der Waals surface area contributed by atoms with Crippen molar-refractivity contribution in [1.29, 1.82) is 0 Å². The Balaban J connectivity index is 2.88. The molecule has 1 aromatic carbocycles. The van der Waals surface area contributed by atoms with Crippen LogP contribution in [0.1, 0.15) is 19.4 Å². The summed E-state index contributed by atoms with van der Waals surface area (Å²) < 4.78 is 5.07. The Labute approximate surface area is 113 Å². The molecule has 0 heterocycles. The number of ether oxygens (including phenoxy) is 1. The molecule has 1 rings (SSSR count). The molecule has 0 amide bonds. The van der Waals surface area contributed by atoms with Gasteiger partial charge in [-0.25, -0.2) is 0 Å². The maximum Gasteiger partial charge on any atom is 0.269 e. The van der Waals surface area contributed by atoms with Gasteiger partial charge in [0.2, 0.25) is 0 Å². The second-order valence-electron chi connectivity index (χ2n) is 4.70. The summed E-state index contributed by atoms with van der Waals surface area (Å²) in [7, 11) is 1.65. The average Bonchev–Trinajstić information content (AvgIpc) is 2.35. The average molecular weight is 267 g/mol. The number of nitro benzene ring substituents is 1. The van der Waals surface area contributed by atoms with Crippen molar-refractivity contribution < 1.29 is 9.66 Å². The molecule has 0 aliphatic carbocycles. The standard InChI is InChI=1S/C13H21N3O3/c1-10(2)15(6-7-19-3)9-11-8-12(16(17)18)4-5-13(11)14/h4-5,8,10H,6-7,9,14H2,1-3H3. The summed E-state index contributed by atoms with van der Waals surface area (Å²) in [5, 5.41) is 10.8. The van der Waals surface area contributed by atoms with E-state index >= 15 is 0 Å². The summed E-state index contributed by atoms with van der Waals surface area (Å²) in [6.07, 6.45) is 0. The fourth-order valence-corrected chi connectivity index (χ4v) is 1.79. The molecular formula is C13H21N3O3. The molecule has 0 unspecified atom stereocenters. The van der Waals surface area contributed by atoms with Crippen LogP contribution in [-0.4, -0.2) is 36.1 Å². The zero-order valence-corrected chi connectivity index (χ0v) is 11.6. The second-order valence-corrected chi connectivity index (χ2v) is 4.70. The van der Waals surface area contributed by atoms with E-state index in [-0.39, 0.29) is 5.69 Å². The minimum absolute atomic E-state index is 0.0691. The molecule has 6 nitrogen and oxygen atoms in total. The number of anilines is 1. The van der Waals surface area contributed by atoms with Crippen LogP contribution in [-0.2, 0) is 11.3 Å². The fourth-order valence-electron chi connectivity index (χ4n) is 1.79. The maximum atomic E-state index is 10.8. The molecule has 0 saturated carbocycles. The molecule has 19 heavy (non-hydrogen) atoms. The van der Waals surface area contributed by atoms with Crippen LogP contribution in [0.3, 0.4) is 0 Å². The number of nitrogen functional groups attached to an aromatic ring is 1. The Morgan fingerprint density at radius 3 is 2.68 bits per heavy atom. The van der Waals surface area contributed by atoms with Gasteiger partial charge in [-0.2, -0.15) is 0 Å². The molecule has 0 spiro atoms. The summed E-state index contributed by atoms with van der Waals surface area (Å²) in [5.41, 5.74) is 7.31. The van der Waals surface area contributed by atoms with Crippen LogP contribution in [0.5, 0.6) is 0 Å². The van der Waals surface area contributed by atoms with Gasteiger partial charge in [0, 0.05) is 44.1 Å². The van der Waals surface area contributed by atoms with E-state index in [2.05, 4.69) is 18.7 Å². The van der Waals surface area contributed by atoms with Crippen LogP contribution >= 0.6 is 0 Å². The SMILES string of the molecule is COCCN(Cc1cc([N+](=O)[O-])ccc1N)C(C)C. The largest absolute Gasteiger partial charge is 0.398 e. The lowest BCUT2D eigenvalue weighted by molar-refractivity contribution is -0.384. The molecule has 1 aromatic rings. The van der Waals surface area contributed by atoms with Crippen molar-refractivity contribution in [3.8, 4) is 0 Å². The topological polar surface area (TPSA) is 81.6 Å². The number of hydrogen-bond donors (Lipinski definition) is 1. The molecule has 0 aromatic heterocycles. The number of nitrogens with two attached hydrogens (primary N) is 1. The van der Waals surface area contributed by atoms with Crippen molar-refractivity contribution in [2.24, 2.45) is 0 Å². The predicted molar refractivity (Wildman–Crippen MR) is 74.9 cm³/mol. The summed E-state index contributed by atoms with van der Waals surface area (Å²) >= 11 is 0. The smallest absolute Gasteiger partial charge is 0.269 e. The Kier molecular flexibility index (Phi) is 5.72. The summed E-state index contributed by atoms with van der Waals surface area (Å²) in [6, 6.07) is 4.86. The van der Waals surface area contributed by atoms with Gasteiger partial charge < -0.3 is 10.5 Å². The molecule has 106 valence electrons. The first-order chi connectivity index (χ1) is 8.95. The summed E-state index contributed by atoms with van der Waals surface area (Å²) in [6.45, 7) is 6.10. The van der Waals surface area contributed by atoms with Gasteiger partial charge in [0.05, 0.1) is 11.5 Å². The van der Waals surface area contributed by atoms with E-state index in [0.29, 0.717) is 24.9 Å². The van der Waals surface area contributed by atoms with Gasteiger partial charge in [-0.05, 0) is 25.5 Å². The third-order valence-electron chi connectivity index (χ3n) is 3.02. The van der Waals surface area contributed by atoms with Crippen LogP contribution in [0.25, 0.3) is 0 Å². The lowest BCUT2D eigenvalue weighted by atomic mass is 10.1. The minimum Gasteiger partial charge on any atom is -0.398 e. The Bertz CT molecular complexity index is 435. The summed E-state index contributed by atoms with van der Waals surface area (Å²) in [4.78, 5) is 12.5. The lowest BCUT2D eigenvalue weighted by Crippen LogP contribution is -2.33. The number of nitrogens with zero attached hydrogens (tertiary/aromatic N) is 2. The Morgan fingerprint density at radius 1 is 1.47 bits per heavy atom. The van der Waals surface area contributed by atoms with E-state index < -0.39 is 4.92 Å². The minimum atomic E-state index is -0.405. The van der Waals surface area contributed by atoms with Gasteiger partial charge in [-0.3, -0.25) is 15.0 Å². The van der Waals surface area contributed by atoms with Gasteiger partial charge >= 0.3 is 0 Å². The van der Waals surface area contributed by atoms with Crippen molar-refractivity contribution in [3.05, 3.63) is 33.9 Å². The lowest BCUT2D eigenvalue weighted by Gasteiger charge is -2.26. The molecule has 0 saturated heterocycles. The number of rotatable bonds is 7. The van der Waals surface area contributed by atoms with Crippen molar-refractivity contribution >= 4 is 11.4 Å². The van der Waals surface area contributed by atoms with E-state index in [0.717, 1.165) is 12.1 Å². The van der Waals surface area contributed by atoms with Gasteiger partial charge in [-0.15, -0.1) is 0 Å². The molecule has 2 N–H and O–H groups in total. The van der Waals surface area contributed by atoms with Gasteiger partial charge in [0.15, 0.2) is 0 Å². The van der Waals surface area contributed by atoms with E-state index in [1.54, 1.807) is 13.2 Å². The molecule has 0 aliphatic rings. The second kappa shape index (κ2) is 7.06. The first-order valence-electron chi connectivity index (χ1n) is 6.21. The van der Waals surface area contributed by atoms with Crippen molar-refractivity contribution in [3.63, 3.8) is 0 Å². The molecular weight excluding hydrogens is 246 g/mol. The maximum absolute atomic E-state index is 10.8. The summed E-state index contributed by atoms with van der Waals surface area (Å²) in [5.74, 6) is 0. The third-order valence-corrected chi connectivity index (χ3v) is 3.02. The van der Waals surface area contributed by atoms with Crippen LogP contribution in [0, 0.1) is 10.1 Å². The van der Waals surface area contributed by atoms with E-state index in [9.17, 15) is 10.1 Å². The van der Waals surface area contributed by atoms with Crippen molar-refractivity contribution in [2.75, 3.05) is 26.0 Å². The zero-order valence-electron chi connectivity index (χ0n) is 11.6. The predicted octanol–water partition coefficient (Wildman–Crippen LogP) is 2.03. The number of benzene rings is 1. The van der Waals surface area contributed by atoms with Crippen LogP contribution in [0.2, 0.25) is 0 Å². The number of methoxy groups -OCH3 is 1. The molecule has 0 fully saturated rings. The van der Waals surface area contributed by atoms with E-state index in [1.807, 2.05) is 0 Å². The Hall–Kier alpha value is -1.66. The van der Waals surface area contributed by atoms with Gasteiger partial charge in [0.1, 0.15) is 0 Å². The molecule has 6 heteroatoms. The first-order valence-corrected chi connectivity index (χ1v) is 6.21. The molecule has 0 atom stereocenters. The van der Waals surface area contributed by atoms with Crippen LogP contribution in [0.4, 0.5) is 11.4 Å². The van der Waals surface area contributed by atoms with Crippen LogP contribution < -0.4 is 5.73 Å². The van der Waals surface area contributed by atoms with Crippen LogP contribution in [0.15, 0.2) is 18.2 Å². The normalized spacial score (nSPS) is 11.2. The third kappa shape index (κ3) is 4.50. The van der Waals surface area contributed by atoms with E-state index in [4.69, 9.17) is 10.5 Å². The number of nitro groups is 1. The Morgan fingerprint density at radius 2 is 2.16 bits per heavy atom. The van der Waals surface area contributed by atoms with Crippen molar-refractivity contribution in [1.82, 2.24) is 4.90 Å². The quantitative estimate of drug-likeness (QED) is 0.464. The zero-order chi connectivity index (χ0) is 14.4. The van der Waals surface area contributed by atoms with E-state index in [1.165, 1.54) is 12.1 Å². The highest BCUT2D eigenvalue weighted by atomic mass is 16.6. The van der Waals surface area contributed by atoms with Gasteiger partial charge in [-0.1, -0.05) is 0 Å². The van der Waals surface area contributed by atoms with Crippen molar-refractivity contribution in [2.45, 2.75) is 26.4 Å². The number of hydrogen-bond acceptors (Lipinski definition) is 5. The first kappa shape index (κ1) is 15.4.